The third-order valence-corrected chi connectivity index (χ3v) is 4.55. The number of carbonyl (C=O) groups excluding carboxylic acids is 1. The van der Waals surface area contributed by atoms with E-state index in [2.05, 4.69) is 22.5 Å². The summed E-state index contributed by atoms with van der Waals surface area (Å²) in [6.45, 7) is 6.85. The molecule has 0 saturated carbocycles. The second-order valence-electron chi connectivity index (χ2n) is 6.80. The minimum absolute atomic E-state index is 0. The van der Waals surface area contributed by atoms with Crippen molar-refractivity contribution in [1.82, 2.24) is 15.5 Å². The van der Waals surface area contributed by atoms with Crippen molar-refractivity contribution in [2.24, 2.45) is 4.99 Å². The Morgan fingerprint density at radius 1 is 1.17 bits per heavy atom. The van der Waals surface area contributed by atoms with Crippen molar-refractivity contribution in [2.45, 2.75) is 20.3 Å². The zero-order valence-electron chi connectivity index (χ0n) is 18.3. The van der Waals surface area contributed by atoms with E-state index in [1.54, 1.807) is 7.05 Å². The van der Waals surface area contributed by atoms with Crippen molar-refractivity contribution < 1.29 is 9.53 Å². The largest absolute Gasteiger partial charge is 0.491 e. The molecule has 0 heterocycles. The molecule has 2 N–H and O–H groups in total. The van der Waals surface area contributed by atoms with E-state index in [1.165, 1.54) is 0 Å². The Labute approximate surface area is 197 Å². The Morgan fingerprint density at radius 2 is 1.93 bits per heavy atom. The van der Waals surface area contributed by atoms with Gasteiger partial charge in [0.1, 0.15) is 12.4 Å². The fourth-order valence-corrected chi connectivity index (χ4v) is 2.89. The van der Waals surface area contributed by atoms with E-state index in [1.807, 2.05) is 62.5 Å². The van der Waals surface area contributed by atoms with Crippen LogP contribution < -0.4 is 15.4 Å². The highest BCUT2D eigenvalue weighted by Crippen LogP contribution is 2.15. The number of hydrogen-bond donors (Lipinski definition) is 2. The van der Waals surface area contributed by atoms with Crippen LogP contribution in [0, 0.1) is 6.92 Å². The highest BCUT2D eigenvalue weighted by atomic mass is 127. The van der Waals surface area contributed by atoms with Crippen LogP contribution in [0.2, 0.25) is 0 Å². The van der Waals surface area contributed by atoms with Crippen molar-refractivity contribution in [3.05, 3.63) is 65.2 Å². The number of likely N-dealkylation sites (N-methyl/N-ethyl adjacent to an activating group) is 1. The first kappa shape index (κ1) is 25.7. The van der Waals surface area contributed by atoms with Gasteiger partial charge in [0.15, 0.2) is 5.96 Å². The smallest absolute Gasteiger partial charge is 0.251 e. The summed E-state index contributed by atoms with van der Waals surface area (Å²) in [5, 5.41) is 5.98. The van der Waals surface area contributed by atoms with Gasteiger partial charge in [0.2, 0.25) is 0 Å². The number of ether oxygens (including phenoxy) is 1. The van der Waals surface area contributed by atoms with Crippen molar-refractivity contribution in [1.29, 1.82) is 0 Å². The summed E-state index contributed by atoms with van der Waals surface area (Å²) in [6.07, 6.45) is 0.771. The molecular formula is C23H33IN4O2. The number of benzene rings is 2. The Bertz CT molecular complexity index is 826. The molecule has 164 valence electrons. The number of hydrogen-bond acceptors (Lipinski definition) is 3. The molecule has 0 bridgehead atoms. The van der Waals surface area contributed by atoms with Crippen LogP contribution in [0.3, 0.4) is 0 Å². The molecule has 0 saturated heterocycles. The van der Waals surface area contributed by atoms with Gasteiger partial charge in [-0.25, -0.2) is 0 Å². The van der Waals surface area contributed by atoms with Crippen molar-refractivity contribution >= 4 is 35.8 Å². The van der Waals surface area contributed by atoms with Crippen LogP contribution in [0.1, 0.15) is 28.4 Å². The van der Waals surface area contributed by atoms with Crippen LogP contribution >= 0.6 is 24.0 Å². The molecular weight excluding hydrogens is 491 g/mol. The van der Waals surface area contributed by atoms with Crippen LogP contribution in [0.4, 0.5) is 0 Å². The van der Waals surface area contributed by atoms with Crippen LogP contribution in [0.5, 0.6) is 5.75 Å². The number of guanidine groups is 1. The molecule has 2 aromatic rings. The fraction of sp³-hybridized carbons (Fsp3) is 0.391. The highest BCUT2D eigenvalue weighted by Gasteiger charge is 2.07. The van der Waals surface area contributed by atoms with Gasteiger partial charge in [-0.05, 0) is 49.6 Å². The maximum absolute atomic E-state index is 11.8. The van der Waals surface area contributed by atoms with Crippen LogP contribution in [-0.4, -0.2) is 57.1 Å². The minimum atomic E-state index is -0.0722. The number of rotatable bonds is 9. The summed E-state index contributed by atoms with van der Waals surface area (Å²) in [5.74, 6) is 1.69. The topological polar surface area (TPSA) is 66.0 Å². The van der Waals surface area contributed by atoms with E-state index in [0.717, 1.165) is 42.3 Å². The number of aryl methyl sites for hydroxylation is 1. The molecule has 7 heteroatoms. The summed E-state index contributed by atoms with van der Waals surface area (Å²) >= 11 is 0. The number of halogens is 1. The first-order chi connectivity index (χ1) is 14.0. The average Bonchev–Trinajstić information content (AvgIpc) is 2.74. The van der Waals surface area contributed by atoms with E-state index in [9.17, 15) is 4.79 Å². The molecule has 2 rings (SSSR count). The van der Waals surface area contributed by atoms with E-state index < -0.39 is 0 Å². The second-order valence-corrected chi connectivity index (χ2v) is 6.80. The van der Waals surface area contributed by atoms with Crippen LogP contribution in [0.15, 0.2) is 53.5 Å². The molecule has 1 amide bonds. The predicted molar refractivity (Wildman–Crippen MR) is 134 cm³/mol. The molecule has 0 aliphatic heterocycles. The van der Waals surface area contributed by atoms with Gasteiger partial charge >= 0.3 is 0 Å². The van der Waals surface area contributed by atoms with Gasteiger partial charge in [-0.15, -0.1) is 24.0 Å². The fourth-order valence-electron chi connectivity index (χ4n) is 2.89. The lowest BCUT2D eigenvalue weighted by Gasteiger charge is -2.22. The van der Waals surface area contributed by atoms with E-state index >= 15 is 0 Å². The van der Waals surface area contributed by atoms with Gasteiger partial charge in [0.05, 0.1) is 6.54 Å². The Morgan fingerprint density at radius 3 is 2.63 bits per heavy atom. The number of nitrogens with one attached hydrogen (secondary N) is 2. The van der Waals surface area contributed by atoms with Crippen LogP contribution in [-0.2, 0) is 6.42 Å². The highest BCUT2D eigenvalue weighted by molar-refractivity contribution is 14.0. The molecule has 2 aromatic carbocycles. The quantitative estimate of drug-likeness (QED) is 0.300. The Hall–Kier alpha value is -2.29. The summed E-state index contributed by atoms with van der Waals surface area (Å²) in [6, 6.07) is 15.7. The number of carbonyl (C=O) groups is 1. The maximum Gasteiger partial charge on any atom is 0.251 e. The molecule has 0 atom stereocenters. The summed E-state index contributed by atoms with van der Waals surface area (Å²) < 4.78 is 5.89. The monoisotopic (exact) mass is 524 g/mol. The van der Waals surface area contributed by atoms with Gasteiger partial charge < -0.3 is 20.3 Å². The lowest BCUT2D eigenvalue weighted by Crippen LogP contribution is -2.41. The molecule has 0 radical (unpaired) electrons. The predicted octanol–water partition coefficient (Wildman–Crippen LogP) is 3.49. The molecule has 0 aliphatic carbocycles. The maximum atomic E-state index is 11.8. The zero-order valence-corrected chi connectivity index (χ0v) is 20.6. The SMILES string of the molecule is CCNC(=NCCc1cccc(C(=O)NC)c1)N(C)CCOc1ccccc1C.I. The second kappa shape index (κ2) is 13.8. The first-order valence-corrected chi connectivity index (χ1v) is 10.0. The molecule has 0 spiro atoms. The number of amides is 1. The molecule has 0 unspecified atom stereocenters. The van der Waals surface area contributed by atoms with Gasteiger partial charge in [0, 0.05) is 32.7 Å². The van der Waals surface area contributed by atoms with E-state index in [4.69, 9.17) is 9.73 Å². The van der Waals surface area contributed by atoms with Crippen molar-refractivity contribution in [2.75, 3.05) is 40.3 Å². The molecule has 0 fully saturated rings. The molecule has 30 heavy (non-hydrogen) atoms. The third kappa shape index (κ3) is 8.22. The van der Waals surface area contributed by atoms with Crippen LogP contribution in [0.25, 0.3) is 0 Å². The summed E-state index contributed by atoms with van der Waals surface area (Å²) in [5.41, 5.74) is 2.90. The van der Waals surface area contributed by atoms with Gasteiger partial charge in [0.25, 0.3) is 5.91 Å². The summed E-state index contributed by atoms with van der Waals surface area (Å²) in [7, 11) is 3.65. The minimum Gasteiger partial charge on any atom is -0.491 e. The normalized spacial score (nSPS) is 10.7. The number of para-hydroxylation sites is 1. The third-order valence-electron chi connectivity index (χ3n) is 4.55. The molecule has 0 aliphatic rings. The summed E-state index contributed by atoms with van der Waals surface area (Å²) in [4.78, 5) is 18.6. The standard InChI is InChI=1S/C23H32N4O2.HI/c1-5-25-23(27(4)15-16-29-21-12-7-6-9-18(21)2)26-14-13-19-10-8-11-20(17-19)22(28)24-3;/h6-12,17H,5,13-16H2,1-4H3,(H,24,28)(H,25,26);1H. The van der Waals surface area contributed by atoms with Gasteiger partial charge in [-0.1, -0.05) is 30.3 Å². The van der Waals surface area contributed by atoms with Crippen molar-refractivity contribution in [3.8, 4) is 5.75 Å². The number of nitrogens with zero attached hydrogens (tertiary/aromatic N) is 2. The van der Waals surface area contributed by atoms with Gasteiger partial charge in [-0.2, -0.15) is 0 Å². The first-order valence-electron chi connectivity index (χ1n) is 10.0. The lowest BCUT2D eigenvalue weighted by atomic mass is 10.1. The average molecular weight is 524 g/mol. The van der Waals surface area contributed by atoms with E-state index in [-0.39, 0.29) is 29.9 Å². The molecule has 6 nitrogen and oxygen atoms in total. The number of aliphatic imine (C=N–C) groups is 1. The molecule has 0 aromatic heterocycles. The van der Waals surface area contributed by atoms with E-state index in [0.29, 0.717) is 18.7 Å². The zero-order chi connectivity index (χ0) is 21.1. The Balaban J connectivity index is 0.00000450. The Kier molecular flexibility index (Phi) is 11.9. The lowest BCUT2D eigenvalue weighted by molar-refractivity contribution is 0.0963. The van der Waals surface area contributed by atoms with Crippen molar-refractivity contribution in [3.63, 3.8) is 0 Å². The van der Waals surface area contributed by atoms with Gasteiger partial charge in [-0.3, -0.25) is 9.79 Å².